The molecule has 0 aromatic carbocycles. The number of hydrogen-bond acceptors (Lipinski definition) is 23. The number of amides is 3. The summed E-state index contributed by atoms with van der Waals surface area (Å²) in [6.45, 7) is 0.862. The molecule has 81 heavy (non-hydrogen) atoms. The second-order valence-electron chi connectivity index (χ2n) is 20.3. The molecule has 4 rings (SSSR count). The number of likely N-dealkylation sites (tertiary alicyclic amines) is 1. The van der Waals surface area contributed by atoms with Crippen LogP contribution in [0.3, 0.4) is 0 Å². The Morgan fingerprint density at radius 2 is 1.30 bits per heavy atom. The first-order valence-electron chi connectivity index (χ1n) is 28.0. The van der Waals surface area contributed by atoms with Crippen molar-refractivity contribution in [2.75, 3.05) is 98.4 Å². The summed E-state index contributed by atoms with van der Waals surface area (Å²) in [6, 6.07) is -0.748. The molecule has 2 aromatic rings. The number of phosphoric ester groups is 2. The Hall–Kier alpha value is -4.00. The summed E-state index contributed by atoms with van der Waals surface area (Å²) in [5.74, 6) is -0.609. The molecule has 0 bridgehead atoms. The highest BCUT2D eigenvalue weighted by Crippen LogP contribution is 2.50. The number of aliphatic hydroxyl groups excluding tert-OH is 1. The number of β-amino-alcohol motifs (C(OH)–C–C–N with tert-alkyl or cyclic N) is 1. The molecule has 2 saturated heterocycles. The monoisotopic (exact) mass is 1190 g/mol. The molecule has 13 N–H and O–H groups in total. The number of anilines is 1. The first kappa shape index (κ1) is 69.5. The number of ketones is 2. The number of rotatable bonds is 46. The van der Waals surface area contributed by atoms with Gasteiger partial charge >= 0.3 is 15.6 Å². The zero-order chi connectivity index (χ0) is 59.1. The van der Waals surface area contributed by atoms with Crippen LogP contribution in [-0.2, 0) is 70.1 Å². The van der Waals surface area contributed by atoms with Crippen molar-refractivity contribution in [2.45, 2.75) is 165 Å². The number of fused-ring (bicyclic) bond motifs is 1. The first-order valence-corrected chi connectivity index (χ1v) is 31.0. The van der Waals surface area contributed by atoms with Gasteiger partial charge < -0.3 is 72.3 Å². The number of nitrogens with zero attached hydrogens (tertiary/aromatic N) is 5. The Balaban J connectivity index is 1.25. The van der Waals surface area contributed by atoms with E-state index in [9.17, 15) is 48.0 Å². The zero-order valence-corrected chi connectivity index (χ0v) is 48.6. The van der Waals surface area contributed by atoms with Gasteiger partial charge in [-0.2, -0.15) is 0 Å². The van der Waals surface area contributed by atoms with E-state index in [2.05, 4.69) is 30.1 Å². The smallest absolute Gasteiger partial charge is 0.391 e. The highest BCUT2D eigenvalue weighted by atomic mass is 31.2. The lowest BCUT2D eigenvalue weighted by molar-refractivity contribution is -0.133. The van der Waals surface area contributed by atoms with Gasteiger partial charge in [0.1, 0.15) is 47.4 Å². The zero-order valence-electron chi connectivity index (χ0n) is 46.8. The normalized spacial score (nSPS) is 19.9. The molecule has 4 heterocycles. The second-order valence-corrected chi connectivity index (χ2v) is 23.3. The Morgan fingerprint density at radius 1 is 0.716 bits per heavy atom. The number of ether oxygens (including phenoxy) is 4. The predicted molar refractivity (Wildman–Crippen MR) is 294 cm³/mol. The minimum absolute atomic E-state index is 0.000242. The quantitative estimate of drug-likeness (QED) is 0.0338. The summed E-state index contributed by atoms with van der Waals surface area (Å²) in [5, 5.41) is 16.4. The number of unbranched alkanes of at least 4 members (excludes halogenated alkanes) is 7. The van der Waals surface area contributed by atoms with E-state index in [1.807, 2.05) is 0 Å². The van der Waals surface area contributed by atoms with E-state index in [0.29, 0.717) is 89.6 Å². The van der Waals surface area contributed by atoms with E-state index in [1.165, 1.54) is 22.1 Å². The molecule has 3 unspecified atom stereocenters. The summed E-state index contributed by atoms with van der Waals surface area (Å²) in [6.07, 6.45) is 7.34. The summed E-state index contributed by atoms with van der Waals surface area (Å²) >= 11 is 0. The van der Waals surface area contributed by atoms with Gasteiger partial charge in [0.05, 0.1) is 71.3 Å². The van der Waals surface area contributed by atoms with Gasteiger partial charge in [-0.05, 0) is 71.0 Å². The number of aliphatic hydroxyl groups is 1. The van der Waals surface area contributed by atoms with Gasteiger partial charge in [0, 0.05) is 71.6 Å². The molecule has 0 spiro atoms. The fourth-order valence-corrected chi connectivity index (χ4v) is 10.5. The maximum atomic E-state index is 13.6. The molecule has 462 valence electrons. The van der Waals surface area contributed by atoms with Crippen LogP contribution in [0.15, 0.2) is 12.7 Å². The first-order chi connectivity index (χ1) is 38.8. The largest absolute Gasteiger partial charge is 0.472 e. The summed E-state index contributed by atoms with van der Waals surface area (Å²) in [4.78, 5) is 99.0. The lowest BCUT2D eigenvalue weighted by Crippen LogP contribution is -2.58. The Kier molecular flexibility index (Phi) is 32.0. The average molecular weight is 1190 g/mol. The maximum absolute atomic E-state index is 13.6. The number of imidazole rings is 1. The summed E-state index contributed by atoms with van der Waals surface area (Å²) < 4.78 is 71.6. The minimum atomic E-state index is -4.91. The fourth-order valence-electron chi connectivity index (χ4n) is 9.12. The van der Waals surface area contributed by atoms with Crippen LogP contribution in [0.1, 0.15) is 135 Å². The molecule has 0 aliphatic carbocycles. The van der Waals surface area contributed by atoms with Crippen LogP contribution in [-0.4, -0.2) is 191 Å². The van der Waals surface area contributed by atoms with Crippen LogP contribution >= 0.6 is 15.6 Å². The third-order valence-corrected chi connectivity index (χ3v) is 15.5. The number of carbonyl (C=O) groups is 5. The number of hydrogen-bond donors (Lipinski definition) is 9. The highest BCUT2D eigenvalue weighted by molar-refractivity contribution is 7.47. The summed E-state index contributed by atoms with van der Waals surface area (Å²) in [5.41, 5.74) is 22.0. The van der Waals surface area contributed by atoms with Crippen LogP contribution in [0.5, 0.6) is 0 Å². The van der Waals surface area contributed by atoms with E-state index in [-0.39, 0.29) is 132 Å². The topological polar surface area (TPSA) is 429 Å². The lowest BCUT2D eigenvalue weighted by Gasteiger charge is -2.34. The van der Waals surface area contributed by atoms with E-state index in [4.69, 9.17) is 55.5 Å². The molecule has 3 amide bonds. The molecule has 0 saturated carbocycles. The molecule has 2 aromatic heterocycles. The van der Waals surface area contributed by atoms with Crippen LogP contribution in [0.2, 0.25) is 0 Å². The van der Waals surface area contributed by atoms with E-state index in [0.717, 1.165) is 32.8 Å². The minimum Gasteiger partial charge on any atom is -0.391 e. The number of phosphoric acid groups is 2. The van der Waals surface area contributed by atoms with Crippen molar-refractivity contribution in [3.63, 3.8) is 0 Å². The van der Waals surface area contributed by atoms with E-state index < -0.39 is 65.0 Å². The molecule has 29 nitrogen and oxygen atoms in total. The van der Waals surface area contributed by atoms with Crippen molar-refractivity contribution >= 4 is 61.9 Å². The molecular weight excluding hydrogens is 1100 g/mol. The van der Waals surface area contributed by atoms with Gasteiger partial charge in [0.2, 0.25) is 17.7 Å². The Bertz CT molecular complexity index is 2250. The van der Waals surface area contributed by atoms with Crippen molar-refractivity contribution in [2.24, 2.45) is 17.2 Å². The van der Waals surface area contributed by atoms with Crippen molar-refractivity contribution in [3.8, 4) is 0 Å². The van der Waals surface area contributed by atoms with Gasteiger partial charge in [0.15, 0.2) is 11.5 Å². The van der Waals surface area contributed by atoms with Gasteiger partial charge in [-0.15, -0.1) is 0 Å². The second kappa shape index (κ2) is 37.3. The number of nitrogens with one attached hydrogen (secondary N) is 2. The SMILES string of the molecule is COP(=O)(O)OC[C@H]1O[C@@H](n2cnc3c(N)ncnc32)CC1OP(=O)(O)OC[C@@H]1C[C@@H](O)CN1C(=O)CCCCCCCCC(=O)NC(COCCC(=O)CCCCN)(COCCC(=O)CCCCN)COCCC(=O)NCCCN. The number of aromatic nitrogens is 4. The molecule has 7 atom stereocenters. The molecule has 31 heteroatoms. The van der Waals surface area contributed by atoms with Crippen molar-refractivity contribution < 1.29 is 85.0 Å². The van der Waals surface area contributed by atoms with Crippen molar-refractivity contribution in [1.29, 1.82) is 0 Å². The third-order valence-electron chi connectivity index (χ3n) is 13.6. The number of nitrogens with two attached hydrogens (primary N) is 4. The van der Waals surface area contributed by atoms with Gasteiger partial charge in [0.25, 0.3) is 0 Å². The van der Waals surface area contributed by atoms with Crippen LogP contribution < -0.4 is 33.6 Å². The predicted octanol–water partition coefficient (Wildman–Crippen LogP) is 1.98. The molecule has 2 aliphatic rings. The average Bonchev–Trinajstić information content (AvgIpc) is 4.23. The lowest BCUT2D eigenvalue weighted by atomic mass is 10.0. The third kappa shape index (κ3) is 26.2. The van der Waals surface area contributed by atoms with Gasteiger partial charge in [-0.3, -0.25) is 46.6 Å². The highest BCUT2D eigenvalue weighted by Gasteiger charge is 2.44. The molecule has 0 radical (unpaired) electrons. The number of nitrogen functional groups attached to an aromatic ring is 1. The standard InChI is InChI=1S/C50H89N11O18P2/c1-72-80(68,69)77-31-42-41(28-46(78-42)61-36-58-47-48(54)56-35-57-49(47)61)79-81(70,71)76-30-37-27-40(64)29-60(37)45(67)16-7-5-3-2-4-6-15-44(66)59-50(32-73-24-17-38(62)13-8-10-20-51,33-74-25-18-39(63)14-9-11-21-52)34-75-26-19-43(65)55-23-12-22-53/h35-37,40-42,46,64H,2-34,51-53H2,1H3,(H,55,65)(H,59,66)(H,68,69)(H,70,71)(H2,54,56,57)/t37-,40+,41?,42+,46+/m0/s1. The van der Waals surface area contributed by atoms with E-state index >= 15 is 0 Å². The van der Waals surface area contributed by atoms with Crippen LogP contribution in [0.4, 0.5) is 5.82 Å². The van der Waals surface area contributed by atoms with Gasteiger partial charge in [-0.25, -0.2) is 24.1 Å². The maximum Gasteiger partial charge on any atom is 0.472 e. The Morgan fingerprint density at radius 3 is 1.91 bits per heavy atom. The number of Topliss-reactive ketones (excluding diaryl/α,β-unsaturated/α-hetero) is 2. The van der Waals surface area contributed by atoms with Crippen LogP contribution in [0, 0.1) is 0 Å². The molecule has 2 fully saturated rings. The van der Waals surface area contributed by atoms with Crippen molar-refractivity contribution in [3.05, 3.63) is 12.7 Å². The van der Waals surface area contributed by atoms with Crippen LogP contribution in [0.25, 0.3) is 11.2 Å². The van der Waals surface area contributed by atoms with E-state index in [1.54, 1.807) is 0 Å². The molecule has 2 aliphatic heterocycles. The Labute approximate surface area is 473 Å². The molecular formula is C50H89N11O18P2. The number of carbonyl (C=O) groups excluding carboxylic acids is 5. The fraction of sp³-hybridized carbons (Fsp3) is 0.800. The van der Waals surface area contributed by atoms with Gasteiger partial charge in [-0.1, -0.05) is 25.7 Å². The summed E-state index contributed by atoms with van der Waals surface area (Å²) in [7, 11) is -8.43. The van der Waals surface area contributed by atoms with Crippen molar-refractivity contribution in [1.82, 2.24) is 35.1 Å².